The highest BCUT2D eigenvalue weighted by atomic mass is 35.5. The van der Waals surface area contributed by atoms with Crippen molar-refractivity contribution in [2.45, 2.75) is 56.0 Å². The highest BCUT2D eigenvalue weighted by molar-refractivity contribution is 6.30. The lowest BCUT2D eigenvalue weighted by Crippen LogP contribution is -2.56. The summed E-state index contributed by atoms with van der Waals surface area (Å²) in [5.74, 6) is -0.435. The maximum atomic E-state index is 15.2. The van der Waals surface area contributed by atoms with E-state index in [4.69, 9.17) is 25.8 Å². The molecule has 1 aliphatic heterocycles. The predicted octanol–water partition coefficient (Wildman–Crippen LogP) is 5.28. The van der Waals surface area contributed by atoms with Crippen molar-refractivity contribution in [3.05, 3.63) is 87.9 Å². The van der Waals surface area contributed by atoms with Gasteiger partial charge in [0.15, 0.2) is 0 Å². The molecule has 0 aromatic heterocycles. The Bertz CT molecular complexity index is 1400. The standard InChI is InChI=1S/C30H30ClF2NO6/c1-38-20-5-2-18(3-6-20)16-40-30(22-8-4-19(31)14-24(22)33)13-12-29(37,26(35)15-30)17-39-25-10-9-23(32)28-21(25)7-11-27(36)34-28/h2-6,8-10,14,26,35,37H,7,11-13,15-17H2,1H3,(H,34,36)/t26-,29-,30?/m1/s1. The first-order chi connectivity index (χ1) is 19.1. The largest absolute Gasteiger partial charge is 0.497 e. The van der Waals surface area contributed by atoms with Crippen molar-refractivity contribution in [2.24, 2.45) is 0 Å². The molecule has 5 rings (SSSR count). The number of fused-ring (bicyclic) bond motifs is 1. The average molecular weight is 574 g/mol. The zero-order valence-electron chi connectivity index (χ0n) is 21.9. The minimum atomic E-state index is -1.69. The number of carbonyl (C=O) groups excluding carboxylic acids is 1. The van der Waals surface area contributed by atoms with E-state index in [1.165, 1.54) is 18.2 Å². The van der Waals surface area contributed by atoms with Gasteiger partial charge in [0.05, 0.1) is 31.1 Å². The topological polar surface area (TPSA) is 97.3 Å². The summed E-state index contributed by atoms with van der Waals surface area (Å²) in [6.45, 7) is -0.168. The van der Waals surface area contributed by atoms with Crippen molar-refractivity contribution >= 4 is 23.2 Å². The van der Waals surface area contributed by atoms with E-state index in [0.717, 1.165) is 5.56 Å². The van der Waals surface area contributed by atoms with Crippen LogP contribution in [-0.2, 0) is 28.2 Å². The highest BCUT2D eigenvalue weighted by Crippen LogP contribution is 2.46. The molecule has 1 heterocycles. The number of hydrogen-bond acceptors (Lipinski definition) is 6. The molecule has 3 aromatic rings. The number of carbonyl (C=O) groups is 1. The quantitative estimate of drug-likeness (QED) is 0.339. The van der Waals surface area contributed by atoms with Crippen LogP contribution in [0.2, 0.25) is 5.02 Å². The predicted molar refractivity (Wildman–Crippen MR) is 145 cm³/mol. The second kappa shape index (κ2) is 11.3. The number of methoxy groups -OCH3 is 1. The van der Waals surface area contributed by atoms with Crippen molar-refractivity contribution in [3.63, 3.8) is 0 Å². The molecule has 0 saturated heterocycles. The van der Waals surface area contributed by atoms with E-state index in [2.05, 4.69) is 5.32 Å². The molecule has 1 aliphatic carbocycles. The van der Waals surface area contributed by atoms with Gasteiger partial charge in [-0.25, -0.2) is 8.78 Å². The Labute approximate surface area is 235 Å². The molecule has 3 aromatic carbocycles. The molecule has 1 amide bonds. The minimum Gasteiger partial charge on any atom is -0.497 e. The van der Waals surface area contributed by atoms with E-state index in [-0.39, 0.29) is 67.5 Å². The van der Waals surface area contributed by atoms with Gasteiger partial charge in [-0.3, -0.25) is 4.79 Å². The van der Waals surface area contributed by atoms with Gasteiger partial charge in [-0.2, -0.15) is 0 Å². The van der Waals surface area contributed by atoms with Gasteiger partial charge < -0.3 is 29.7 Å². The molecule has 1 fully saturated rings. The van der Waals surface area contributed by atoms with E-state index in [1.54, 1.807) is 31.4 Å². The van der Waals surface area contributed by atoms with Gasteiger partial charge in [0.2, 0.25) is 5.91 Å². The minimum absolute atomic E-state index is 0.0268. The van der Waals surface area contributed by atoms with Crippen molar-refractivity contribution in [3.8, 4) is 11.5 Å². The second-order valence-corrected chi connectivity index (χ2v) is 10.8. The Morgan fingerprint density at radius 3 is 2.52 bits per heavy atom. The zero-order valence-corrected chi connectivity index (χ0v) is 22.6. The van der Waals surface area contributed by atoms with E-state index in [0.29, 0.717) is 17.1 Å². The number of halogens is 3. The number of benzene rings is 3. The van der Waals surface area contributed by atoms with Crippen LogP contribution in [0.4, 0.5) is 14.5 Å². The fourth-order valence-corrected chi connectivity index (χ4v) is 5.53. The van der Waals surface area contributed by atoms with Crippen LogP contribution in [0.1, 0.15) is 42.4 Å². The summed E-state index contributed by atoms with van der Waals surface area (Å²) in [5.41, 5.74) is -1.32. The number of aliphatic hydroxyl groups is 2. The Morgan fingerprint density at radius 1 is 1.05 bits per heavy atom. The van der Waals surface area contributed by atoms with Crippen LogP contribution < -0.4 is 14.8 Å². The van der Waals surface area contributed by atoms with E-state index in [1.807, 2.05) is 12.1 Å². The molecular weight excluding hydrogens is 544 g/mol. The molecule has 0 spiro atoms. The normalized spacial score (nSPS) is 24.2. The van der Waals surface area contributed by atoms with Crippen molar-refractivity contribution < 1.29 is 38.0 Å². The Balaban J connectivity index is 1.36. The first kappa shape index (κ1) is 28.3. The summed E-state index contributed by atoms with van der Waals surface area (Å²) in [6.07, 6.45) is -0.787. The number of amides is 1. The number of anilines is 1. The first-order valence-corrected chi connectivity index (χ1v) is 13.4. The molecule has 2 aliphatic rings. The maximum Gasteiger partial charge on any atom is 0.224 e. The Hall–Kier alpha value is -3.24. The molecule has 212 valence electrons. The van der Waals surface area contributed by atoms with Gasteiger partial charge in [-0.15, -0.1) is 0 Å². The molecule has 3 atom stereocenters. The van der Waals surface area contributed by atoms with Gasteiger partial charge >= 0.3 is 0 Å². The SMILES string of the molecule is COc1ccc(COC2(c3ccc(Cl)cc3F)CC[C@@](O)(COc3ccc(F)c4c3CCC(=O)N4)[C@H](O)C2)cc1. The molecule has 40 heavy (non-hydrogen) atoms. The van der Waals surface area contributed by atoms with Gasteiger partial charge in [0.25, 0.3) is 0 Å². The summed E-state index contributed by atoms with van der Waals surface area (Å²) in [5, 5.41) is 25.4. The number of nitrogens with one attached hydrogen (secondary N) is 1. The van der Waals surface area contributed by atoms with Crippen LogP contribution >= 0.6 is 11.6 Å². The monoisotopic (exact) mass is 573 g/mol. The molecule has 3 N–H and O–H groups in total. The van der Waals surface area contributed by atoms with E-state index >= 15 is 4.39 Å². The average Bonchev–Trinajstić information content (AvgIpc) is 2.94. The molecule has 7 nitrogen and oxygen atoms in total. The lowest BCUT2D eigenvalue weighted by atomic mass is 9.71. The molecule has 0 radical (unpaired) electrons. The van der Waals surface area contributed by atoms with Gasteiger partial charge in [0, 0.05) is 29.0 Å². The number of rotatable bonds is 8. The van der Waals surface area contributed by atoms with Crippen LogP contribution in [0.25, 0.3) is 0 Å². The zero-order chi connectivity index (χ0) is 28.5. The Kier molecular flexibility index (Phi) is 8.01. The van der Waals surface area contributed by atoms with Crippen LogP contribution in [0, 0.1) is 11.6 Å². The number of hydrogen-bond donors (Lipinski definition) is 3. The van der Waals surface area contributed by atoms with Crippen molar-refractivity contribution in [2.75, 3.05) is 19.0 Å². The lowest BCUT2D eigenvalue weighted by Gasteiger charge is -2.47. The van der Waals surface area contributed by atoms with Crippen LogP contribution in [0.5, 0.6) is 11.5 Å². The molecule has 1 unspecified atom stereocenters. The maximum absolute atomic E-state index is 15.2. The summed E-state index contributed by atoms with van der Waals surface area (Å²) < 4.78 is 46.9. The van der Waals surface area contributed by atoms with Gasteiger partial charge in [-0.05, 0) is 61.2 Å². The summed E-state index contributed by atoms with van der Waals surface area (Å²) >= 11 is 6.00. The third-order valence-corrected chi connectivity index (χ3v) is 8.00. The third kappa shape index (κ3) is 5.65. The van der Waals surface area contributed by atoms with Crippen molar-refractivity contribution in [1.82, 2.24) is 0 Å². The van der Waals surface area contributed by atoms with Crippen LogP contribution in [0.15, 0.2) is 54.6 Å². The molecule has 0 bridgehead atoms. The van der Waals surface area contributed by atoms with E-state index < -0.39 is 28.9 Å². The second-order valence-electron chi connectivity index (χ2n) is 10.3. The van der Waals surface area contributed by atoms with Crippen LogP contribution in [-0.4, -0.2) is 41.5 Å². The molecule has 10 heteroatoms. The highest BCUT2D eigenvalue weighted by Gasteiger charge is 2.51. The Morgan fingerprint density at radius 2 is 1.82 bits per heavy atom. The third-order valence-electron chi connectivity index (χ3n) is 7.76. The first-order valence-electron chi connectivity index (χ1n) is 13.0. The molecular formula is C30H30ClF2NO6. The summed E-state index contributed by atoms with van der Waals surface area (Å²) in [7, 11) is 1.57. The summed E-state index contributed by atoms with van der Waals surface area (Å²) in [6, 6.07) is 14.2. The lowest BCUT2D eigenvalue weighted by molar-refractivity contribution is -0.192. The van der Waals surface area contributed by atoms with Gasteiger partial charge in [0.1, 0.15) is 35.3 Å². The summed E-state index contributed by atoms with van der Waals surface area (Å²) in [4.78, 5) is 11.7. The number of ether oxygens (including phenoxy) is 3. The van der Waals surface area contributed by atoms with Crippen molar-refractivity contribution in [1.29, 1.82) is 0 Å². The molecule has 1 saturated carbocycles. The fraction of sp³-hybridized carbons (Fsp3) is 0.367. The number of aliphatic hydroxyl groups excluding tert-OH is 1. The van der Waals surface area contributed by atoms with Crippen LogP contribution in [0.3, 0.4) is 0 Å². The van der Waals surface area contributed by atoms with Gasteiger partial charge in [-0.1, -0.05) is 29.8 Å². The smallest absolute Gasteiger partial charge is 0.224 e. The fourth-order valence-electron chi connectivity index (χ4n) is 5.38. The van der Waals surface area contributed by atoms with E-state index in [9.17, 15) is 19.4 Å².